The minimum atomic E-state index is 0.750. The van der Waals surface area contributed by atoms with Gasteiger partial charge in [-0.25, -0.2) is 0 Å². The predicted octanol–water partition coefficient (Wildman–Crippen LogP) is 5.87. The Hall–Kier alpha value is -3.04. The van der Waals surface area contributed by atoms with E-state index in [0.717, 1.165) is 49.6 Å². The monoisotopic (exact) mass is 337 g/mol. The molecule has 0 aliphatic heterocycles. The van der Waals surface area contributed by atoms with E-state index in [1.54, 1.807) is 0 Å². The Bertz CT molecular complexity index is 1220. The fourth-order valence-corrected chi connectivity index (χ4v) is 3.68. The lowest BCUT2D eigenvalue weighted by atomic mass is 10.0. The molecular weight excluding hydrogens is 324 g/mol. The normalized spacial score (nSPS) is 11.4. The SMILES string of the molecule is [Si]Oc1ccc(-c2ccccc2)c2oc3c4ccccc4ccc3c12. The van der Waals surface area contributed by atoms with E-state index >= 15 is 0 Å². The number of benzene rings is 4. The number of furan rings is 1. The first kappa shape index (κ1) is 14.3. The number of hydrogen-bond acceptors (Lipinski definition) is 2. The van der Waals surface area contributed by atoms with Gasteiger partial charge < -0.3 is 8.84 Å². The summed E-state index contributed by atoms with van der Waals surface area (Å²) in [6, 6.07) is 26.8. The van der Waals surface area contributed by atoms with E-state index in [4.69, 9.17) is 8.84 Å². The lowest BCUT2D eigenvalue weighted by Crippen LogP contribution is -1.87. The Morgan fingerprint density at radius 3 is 2.32 bits per heavy atom. The van der Waals surface area contributed by atoms with Gasteiger partial charge in [-0.05, 0) is 29.1 Å². The van der Waals surface area contributed by atoms with Gasteiger partial charge in [0.1, 0.15) is 16.9 Å². The molecule has 0 unspecified atom stereocenters. The Kier molecular flexibility index (Phi) is 3.15. The van der Waals surface area contributed by atoms with Crippen molar-refractivity contribution in [2.45, 2.75) is 0 Å². The smallest absolute Gasteiger partial charge is 0.341 e. The first-order valence-corrected chi connectivity index (χ1v) is 8.53. The molecule has 0 amide bonds. The maximum Gasteiger partial charge on any atom is 0.341 e. The van der Waals surface area contributed by atoms with Gasteiger partial charge in [-0.15, -0.1) is 0 Å². The molecule has 25 heavy (non-hydrogen) atoms. The van der Waals surface area contributed by atoms with E-state index < -0.39 is 0 Å². The molecule has 4 aromatic carbocycles. The van der Waals surface area contributed by atoms with Crippen molar-refractivity contribution >= 4 is 43.2 Å². The largest absolute Gasteiger partial charge is 0.540 e. The molecule has 5 aromatic rings. The molecule has 0 spiro atoms. The predicted molar refractivity (Wildman–Crippen MR) is 103 cm³/mol. The van der Waals surface area contributed by atoms with Gasteiger partial charge in [0.15, 0.2) is 0 Å². The van der Waals surface area contributed by atoms with Crippen molar-refractivity contribution in [1.82, 2.24) is 0 Å². The maximum absolute atomic E-state index is 6.39. The number of rotatable bonds is 2. The topological polar surface area (TPSA) is 22.4 Å². The number of hydrogen-bond donors (Lipinski definition) is 0. The molecular formula is C22H13O2Si. The minimum absolute atomic E-state index is 0.750. The zero-order valence-electron chi connectivity index (χ0n) is 13.3. The molecule has 3 heteroatoms. The Balaban J connectivity index is 1.98. The highest BCUT2D eigenvalue weighted by molar-refractivity contribution is 6.20. The van der Waals surface area contributed by atoms with Crippen molar-refractivity contribution in [2.75, 3.05) is 0 Å². The van der Waals surface area contributed by atoms with Gasteiger partial charge in [0.25, 0.3) is 0 Å². The van der Waals surface area contributed by atoms with Gasteiger partial charge in [-0.2, -0.15) is 0 Å². The van der Waals surface area contributed by atoms with Gasteiger partial charge in [0.05, 0.1) is 5.39 Å². The van der Waals surface area contributed by atoms with Gasteiger partial charge in [0.2, 0.25) is 0 Å². The summed E-state index contributed by atoms with van der Waals surface area (Å²) < 4.78 is 11.8. The summed E-state index contributed by atoms with van der Waals surface area (Å²) >= 11 is 0. The van der Waals surface area contributed by atoms with Gasteiger partial charge in [0, 0.05) is 16.3 Å². The second-order valence-electron chi connectivity index (χ2n) is 6.05. The lowest BCUT2D eigenvalue weighted by molar-refractivity contribution is 0.621. The third-order valence-electron chi connectivity index (χ3n) is 4.67. The van der Waals surface area contributed by atoms with E-state index in [-0.39, 0.29) is 0 Å². The van der Waals surface area contributed by atoms with Gasteiger partial charge >= 0.3 is 10.5 Å². The highest BCUT2D eigenvalue weighted by atomic mass is 28.2. The van der Waals surface area contributed by atoms with Gasteiger partial charge in [-0.3, -0.25) is 0 Å². The number of fused-ring (bicyclic) bond motifs is 5. The standard InChI is InChI=1S/C22H13O2Si/c25-24-19-13-12-17(14-6-2-1-3-7-14)22-20(19)18-11-10-15-8-4-5-9-16(15)21(18)23-22/h1-13H. The summed E-state index contributed by atoms with van der Waals surface area (Å²) in [5.74, 6) is 0.750. The van der Waals surface area contributed by atoms with Crippen molar-refractivity contribution in [3.05, 3.63) is 78.9 Å². The Morgan fingerprint density at radius 2 is 1.48 bits per heavy atom. The fourth-order valence-electron chi connectivity index (χ4n) is 3.51. The van der Waals surface area contributed by atoms with Crippen LogP contribution in [0.1, 0.15) is 0 Å². The highest BCUT2D eigenvalue weighted by Gasteiger charge is 2.17. The Labute approximate surface area is 148 Å². The summed E-state index contributed by atoms with van der Waals surface area (Å²) in [6.07, 6.45) is 0. The molecule has 0 saturated carbocycles. The summed E-state index contributed by atoms with van der Waals surface area (Å²) in [5.41, 5.74) is 3.91. The molecule has 5 rings (SSSR count). The first-order valence-electron chi connectivity index (χ1n) is 8.13. The van der Waals surface area contributed by atoms with E-state index in [1.807, 2.05) is 42.5 Å². The van der Waals surface area contributed by atoms with Crippen LogP contribution >= 0.6 is 0 Å². The molecule has 0 atom stereocenters. The van der Waals surface area contributed by atoms with E-state index in [0.29, 0.717) is 0 Å². The van der Waals surface area contributed by atoms with Crippen LogP contribution in [0.4, 0.5) is 0 Å². The average Bonchev–Trinajstić information content (AvgIpc) is 3.08. The molecule has 0 bridgehead atoms. The lowest BCUT2D eigenvalue weighted by Gasteiger charge is -2.06. The van der Waals surface area contributed by atoms with Crippen LogP contribution in [0.5, 0.6) is 5.75 Å². The average molecular weight is 337 g/mol. The molecule has 1 aromatic heterocycles. The molecule has 0 aliphatic carbocycles. The van der Waals surface area contributed by atoms with E-state index in [2.05, 4.69) is 46.9 Å². The van der Waals surface area contributed by atoms with E-state index in [9.17, 15) is 0 Å². The fraction of sp³-hybridized carbons (Fsp3) is 0. The van der Waals surface area contributed by atoms with Crippen molar-refractivity contribution in [3.8, 4) is 16.9 Å². The third-order valence-corrected chi connectivity index (χ3v) is 4.89. The molecule has 3 radical (unpaired) electrons. The summed E-state index contributed by atoms with van der Waals surface area (Å²) in [5, 5.41) is 4.31. The molecule has 0 aliphatic rings. The minimum Gasteiger partial charge on any atom is -0.540 e. The second-order valence-corrected chi connectivity index (χ2v) is 6.25. The van der Waals surface area contributed by atoms with Crippen LogP contribution in [0.3, 0.4) is 0 Å². The molecule has 2 nitrogen and oxygen atoms in total. The maximum atomic E-state index is 6.39. The molecule has 0 N–H and O–H groups in total. The van der Waals surface area contributed by atoms with Gasteiger partial charge in [-0.1, -0.05) is 60.7 Å². The van der Waals surface area contributed by atoms with Crippen molar-refractivity contribution in [1.29, 1.82) is 0 Å². The van der Waals surface area contributed by atoms with Crippen LogP contribution in [-0.2, 0) is 0 Å². The third kappa shape index (κ3) is 2.09. The summed E-state index contributed by atoms with van der Waals surface area (Å²) in [4.78, 5) is 0. The van der Waals surface area contributed by atoms with Crippen LogP contribution in [0.2, 0.25) is 0 Å². The van der Waals surface area contributed by atoms with Crippen LogP contribution in [0.15, 0.2) is 83.3 Å². The van der Waals surface area contributed by atoms with Crippen molar-refractivity contribution < 1.29 is 8.84 Å². The summed E-state index contributed by atoms with van der Waals surface area (Å²) in [7, 11) is 3.19. The van der Waals surface area contributed by atoms with Crippen LogP contribution < -0.4 is 4.43 Å². The second kappa shape index (κ2) is 5.50. The van der Waals surface area contributed by atoms with Crippen molar-refractivity contribution in [2.24, 2.45) is 0 Å². The zero-order chi connectivity index (χ0) is 16.8. The molecule has 117 valence electrons. The van der Waals surface area contributed by atoms with Crippen molar-refractivity contribution in [3.63, 3.8) is 0 Å². The Morgan fingerprint density at radius 1 is 0.680 bits per heavy atom. The quantitative estimate of drug-likeness (QED) is 0.376. The van der Waals surface area contributed by atoms with Crippen LogP contribution in [0.25, 0.3) is 43.8 Å². The molecule has 0 fully saturated rings. The zero-order valence-corrected chi connectivity index (χ0v) is 14.3. The van der Waals surface area contributed by atoms with E-state index in [1.165, 1.54) is 0 Å². The first-order chi connectivity index (χ1) is 12.4. The van der Waals surface area contributed by atoms with Crippen LogP contribution in [0, 0.1) is 0 Å². The van der Waals surface area contributed by atoms with Crippen LogP contribution in [-0.4, -0.2) is 10.5 Å². The summed E-state index contributed by atoms with van der Waals surface area (Å²) in [6.45, 7) is 0. The molecule has 1 heterocycles. The molecule has 0 saturated heterocycles. The highest BCUT2D eigenvalue weighted by Crippen LogP contribution is 2.42.